The lowest BCUT2D eigenvalue weighted by atomic mass is 10.0. The number of thiophene rings is 1. The van der Waals surface area contributed by atoms with Gasteiger partial charge in [0.05, 0.1) is 25.0 Å². The molecule has 7 heteroatoms. The summed E-state index contributed by atoms with van der Waals surface area (Å²) in [6.45, 7) is 8.61. The molecule has 3 aliphatic heterocycles. The van der Waals surface area contributed by atoms with Gasteiger partial charge in [-0.3, -0.25) is 10.0 Å². The van der Waals surface area contributed by atoms with E-state index in [9.17, 15) is 0 Å². The summed E-state index contributed by atoms with van der Waals surface area (Å²) in [5.41, 5.74) is 10.0. The standard InChI is InChI=1S/C27H33N5OS/c1-20-10-13-32(25-19-31(12-11-23(20)25)30-14-16-33-17-15-30)29-21(2)26-8-9-27(34-26)24-7-5-4-6-22(24)18-28-3/h4-13,19,21,28-29H,14-18H2,1-3H3/t21-/m1/s1. The Labute approximate surface area is 206 Å². The largest absolute Gasteiger partial charge is 0.379 e. The molecule has 0 bridgehead atoms. The van der Waals surface area contributed by atoms with Gasteiger partial charge in [0.15, 0.2) is 0 Å². The van der Waals surface area contributed by atoms with Gasteiger partial charge in [0.1, 0.15) is 0 Å². The van der Waals surface area contributed by atoms with Crippen LogP contribution < -0.4 is 10.7 Å². The summed E-state index contributed by atoms with van der Waals surface area (Å²) in [6.07, 6.45) is 10.9. The molecule has 2 aromatic rings. The molecule has 0 unspecified atom stereocenters. The van der Waals surface area contributed by atoms with Crippen LogP contribution in [0.25, 0.3) is 10.4 Å². The average molecular weight is 476 g/mol. The van der Waals surface area contributed by atoms with Gasteiger partial charge in [-0.05, 0) is 61.9 Å². The van der Waals surface area contributed by atoms with Gasteiger partial charge in [0, 0.05) is 53.6 Å². The van der Waals surface area contributed by atoms with E-state index in [1.807, 2.05) is 18.4 Å². The molecule has 1 fully saturated rings. The average Bonchev–Trinajstić information content (AvgIpc) is 3.37. The Morgan fingerprint density at radius 3 is 2.71 bits per heavy atom. The van der Waals surface area contributed by atoms with Gasteiger partial charge in [-0.15, -0.1) is 11.3 Å². The van der Waals surface area contributed by atoms with Gasteiger partial charge in [-0.25, -0.2) is 10.4 Å². The Kier molecular flexibility index (Phi) is 6.99. The molecule has 1 atom stereocenters. The maximum atomic E-state index is 5.53. The van der Waals surface area contributed by atoms with Crippen molar-refractivity contribution in [3.8, 4) is 10.4 Å². The third-order valence-corrected chi connectivity index (χ3v) is 7.73. The molecular formula is C27H33N5OS. The van der Waals surface area contributed by atoms with Gasteiger partial charge in [0.25, 0.3) is 0 Å². The first-order valence-corrected chi connectivity index (χ1v) is 12.7. The highest BCUT2D eigenvalue weighted by atomic mass is 32.1. The number of ether oxygens (including phenoxy) is 1. The molecule has 3 aliphatic rings. The Balaban J connectivity index is 1.34. The van der Waals surface area contributed by atoms with Crippen LogP contribution >= 0.6 is 11.3 Å². The molecule has 0 radical (unpaired) electrons. The van der Waals surface area contributed by atoms with Gasteiger partial charge in [-0.2, -0.15) is 0 Å². The molecule has 5 rings (SSSR count). The van der Waals surface area contributed by atoms with Crippen LogP contribution in [0.15, 0.2) is 84.0 Å². The van der Waals surface area contributed by atoms with E-state index in [1.54, 1.807) is 0 Å². The maximum absolute atomic E-state index is 5.53. The van der Waals surface area contributed by atoms with Crippen molar-refractivity contribution in [3.63, 3.8) is 0 Å². The fourth-order valence-corrected chi connectivity index (χ4v) is 5.60. The number of allylic oxidation sites excluding steroid dienone is 3. The molecule has 0 aliphatic carbocycles. The third kappa shape index (κ3) is 4.76. The molecule has 34 heavy (non-hydrogen) atoms. The number of hydrogen-bond acceptors (Lipinski definition) is 7. The van der Waals surface area contributed by atoms with E-state index in [0.29, 0.717) is 0 Å². The van der Waals surface area contributed by atoms with E-state index in [2.05, 4.69) is 107 Å². The van der Waals surface area contributed by atoms with Gasteiger partial charge in [-0.1, -0.05) is 24.3 Å². The van der Waals surface area contributed by atoms with Crippen LogP contribution in [0.4, 0.5) is 0 Å². The van der Waals surface area contributed by atoms with Crippen LogP contribution in [0.1, 0.15) is 30.3 Å². The molecule has 0 spiro atoms. The lowest BCUT2D eigenvalue weighted by molar-refractivity contribution is -0.0410. The minimum atomic E-state index is 0.170. The fraction of sp³-hybridized carbons (Fsp3) is 0.333. The topological polar surface area (TPSA) is 43.0 Å². The van der Waals surface area contributed by atoms with E-state index in [1.165, 1.54) is 32.0 Å². The van der Waals surface area contributed by atoms with Crippen LogP contribution in [-0.4, -0.2) is 48.4 Å². The fourth-order valence-electron chi connectivity index (χ4n) is 4.54. The minimum absolute atomic E-state index is 0.170. The van der Waals surface area contributed by atoms with Crippen molar-refractivity contribution in [2.75, 3.05) is 33.4 Å². The number of nitrogens with zero attached hydrogens (tertiary/aromatic N) is 3. The van der Waals surface area contributed by atoms with Crippen LogP contribution in [0, 0.1) is 0 Å². The Morgan fingerprint density at radius 2 is 1.88 bits per heavy atom. The molecule has 2 N–H and O–H groups in total. The third-order valence-electron chi connectivity index (χ3n) is 6.43. The summed E-state index contributed by atoms with van der Waals surface area (Å²) in [5.74, 6) is 0. The molecule has 4 heterocycles. The molecule has 0 saturated carbocycles. The molecule has 1 saturated heterocycles. The number of fused-ring (bicyclic) bond motifs is 1. The summed E-state index contributed by atoms with van der Waals surface area (Å²) in [4.78, 5) is 2.62. The zero-order valence-electron chi connectivity index (χ0n) is 20.1. The monoisotopic (exact) mass is 475 g/mol. The number of rotatable bonds is 7. The molecule has 178 valence electrons. The summed E-state index contributed by atoms with van der Waals surface area (Å²) in [6, 6.07) is 13.3. The second-order valence-electron chi connectivity index (χ2n) is 8.80. The summed E-state index contributed by atoms with van der Waals surface area (Å²) in [7, 11) is 1.99. The second-order valence-corrected chi connectivity index (χ2v) is 9.91. The normalized spacial score (nSPS) is 19.4. The van der Waals surface area contributed by atoms with E-state index < -0.39 is 0 Å². The highest BCUT2D eigenvalue weighted by Crippen LogP contribution is 2.35. The SMILES string of the molecule is CNCc1ccccc1-c1ccc([C@@H](C)NN2C=CC(C)=C3C=CN(N4CCOCC4)C=C32)s1. The quantitative estimate of drug-likeness (QED) is 0.602. The van der Waals surface area contributed by atoms with Gasteiger partial charge in [0.2, 0.25) is 0 Å². The first kappa shape index (κ1) is 23.1. The lowest BCUT2D eigenvalue weighted by Gasteiger charge is -2.39. The summed E-state index contributed by atoms with van der Waals surface area (Å²) in [5, 5.41) is 9.98. The first-order valence-electron chi connectivity index (χ1n) is 11.9. The molecule has 1 aromatic carbocycles. The van der Waals surface area contributed by atoms with Crippen molar-refractivity contribution in [1.82, 2.24) is 25.8 Å². The van der Waals surface area contributed by atoms with Crippen molar-refractivity contribution in [2.24, 2.45) is 0 Å². The predicted molar refractivity (Wildman–Crippen MR) is 139 cm³/mol. The summed E-state index contributed by atoms with van der Waals surface area (Å²) >= 11 is 1.86. The van der Waals surface area contributed by atoms with E-state index in [0.717, 1.165) is 38.5 Å². The minimum Gasteiger partial charge on any atom is -0.379 e. The van der Waals surface area contributed by atoms with Crippen molar-refractivity contribution < 1.29 is 4.74 Å². The first-order chi connectivity index (χ1) is 16.6. The van der Waals surface area contributed by atoms with Crippen LogP contribution in [0.2, 0.25) is 0 Å². The number of benzene rings is 1. The van der Waals surface area contributed by atoms with Crippen LogP contribution in [0.5, 0.6) is 0 Å². The number of morpholine rings is 1. The predicted octanol–water partition coefficient (Wildman–Crippen LogP) is 4.76. The van der Waals surface area contributed by atoms with Crippen molar-refractivity contribution in [1.29, 1.82) is 0 Å². The summed E-state index contributed by atoms with van der Waals surface area (Å²) < 4.78 is 5.53. The lowest BCUT2D eigenvalue weighted by Crippen LogP contribution is -2.46. The maximum Gasteiger partial charge on any atom is 0.0824 e. The van der Waals surface area contributed by atoms with Gasteiger partial charge < -0.3 is 10.1 Å². The molecular weight excluding hydrogens is 442 g/mol. The Morgan fingerprint density at radius 1 is 1.06 bits per heavy atom. The highest BCUT2D eigenvalue weighted by molar-refractivity contribution is 7.15. The van der Waals surface area contributed by atoms with E-state index in [4.69, 9.17) is 4.74 Å². The zero-order chi connectivity index (χ0) is 23.5. The van der Waals surface area contributed by atoms with Crippen molar-refractivity contribution in [2.45, 2.75) is 26.4 Å². The molecule has 6 nitrogen and oxygen atoms in total. The van der Waals surface area contributed by atoms with Gasteiger partial charge >= 0.3 is 0 Å². The van der Waals surface area contributed by atoms with E-state index in [-0.39, 0.29) is 6.04 Å². The zero-order valence-corrected chi connectivity index (χ0v) is 20.9. The number of hydrogen-bond donors (Lipinski definition) is 2. The Bertz CT molecular complexity index is 1140. The van der Waals surface area contributed by atoms with E-state index >= 15 is 0 Å². The van der Waals surface area contributed by atoms with Crippen molar-refractivity contribution >= 4 is 11.3 Å². The molecule has 0 amide bonds. The van der Waals surface area contributed by atoms with Crippen molar-refractivity contribution in [3.05, 3.63) is 94.4 Å². The smallest absolute Gasteiger partial charge is 0.0824 e. The highest BCUT2D eigenvalue weighted by Gasteiger charge is 2.25. The Hall–Kier alpha value is -2.68. The number of hydrazine groups is 2. The van der Waals surface area contributed by atoms with Crippen LogP contribution in [-0.2, 0) is 11.3 Å². The number of nitrogens with one attached hydrogen (secondary N) is 2. The van der Waals surface area contributed by atoms with Crippen LogP contribution in [0.3, 0.4) is 0 Å². The molecule has 1 aromatic heterocycles. The second kappa shape index (κ2) is 10.3.